The van der Waals surface area contributed by atoms with Crippen LogP contribution >= 0.6 is 0 Å². The van der Waals surface area contributed by atoms with Crippen LogP contribution in [0.25, 0.3) is 17.7 Å². The van der Waals surface area contributed by atoms with E-state index in [1.807, 2.05) is 12.2 Å². The Labute approximate surface area is 385 Å². The second kappa shape index (κ2) is 16.8. The SMILES string of the molecule is C=Cc1ccc(CCC2=CC3CC2C2C(=O)N(c4c(CC)cc(Cc5cc(CC)c(N6C(=O)C7C8C=C(c9cc(C=C)ccc9CC)C(C8)C7C6=O)c(CC)c5)cc4CC)C(=O)C32)cc1. The number of imide groups is 2. The maximum atomic E-state index is 14.7. The van der Waals surface area contributed by atoms with Crippen molar-refractivity contribution in [3.63, 3.8) is 0 Å². The van der Waals surface area contributed by atoms with Gasteiger partial charge in [0.1, 0.15) is 0 Å². The van der Waals surface area contributed by atoms with Crippen LogP contribution in [0, 0.1) is 47.3 Å². The van der Waals surface area contributed by atoms with E-state index in [1.54, 1.807) is 9.80 Å². The van der Waals surface area contributed by atoms with Gasteiger partial charge in [-0.25, -0.2) is 9.80 Å². The molecule has 4 aliphatic carbocycles. The van der Waals surface area contributed by atoms with Crippen molar-refractivity contribution in [1.82, 2.24) is 0 Å². The minimum absolute atomic E-state index is 0.0240. The molecule has 2 saturated carbocycles. The lowest BCUT2D eigenvalue weighted by Crippen LogP contribution is -2.34. The molecule has 10 rings (SSSR count). The van der Waals surface area contributed by atoms with Crippen molar-refractivity contribution in [2.45, 2.75) is 98.8 Å². The molecule has 6 aliphatic rings. The summed E-state index contributed by atoms with van der Waals surface area (Å²) in [5.41, 5.74) is 16.4. The van der Waals surface area contributed by atoms with Gasteiger partial charge in [-0.2, -0.15) is 0 Å². The fourth-order valence-corrected chi connectivity index (χ4v) is 13.3. The van der Waals surface area contributed by atoms with Crippen LogP contribution in [0.15, 0.2) is 97.6 Å². The Hall–Kier alpha value is -5.88. The predicted octanol–water partition coefficient (Wildman–Crippen LogP) is 11.5. The molecule has 4 aromatic carbocycles. The van der Waals surface area contributed by atoms with E-state index in [2.05, 4.69) is 127 Å². The van der Waals surface area contributed by atoms with Crippen LogP contribution in [0.1, 0.15) is 115 Å². The highest BCUT2D eigenvalue weighted by Gasteiger charge is 2.63. The van der Waals surface area contributed by atoms with E-state index in [0.29, 0.717) is 32.1 Å². The van der Waals surface area contributed by atoms with Gasteiger partial charge in [-0.1, -0.05) is 138 Å². The van der Waals surface area contributed by atoms with Crippen LogP contribution in [-0.2, 0) is 64.1 Å². The highest BCUT2D eigenvalue weighted by molar-refractivity contribution is 6.25. The normalized spacial score (nSPS) is 26.0. The summed E-state index contributed by atoms with van der Waals surface area (Å²) in [7, 11) is 0. The topological polar surface area (TPSA) is 74.8 Å². The average molecular weight is 863 g/mol. The third-order valence-electron chi connectivity index (χ3n) is 16.3. The molecule has 2 saturated heterocycles. The van der Waals surface area contributed by atoms with Crippen LogP contribution in [0.4, 0.5) is 11.4 Å². The van der Waals surface area contributed by atoms with E-state index < -0.39 is 0 Å². The molecule has 8 atom stereocenters. The van der Waals surface area contributed by atoms with E-state index in [1.165, 1.54) is 27.8 Å². The number of rotatable bonds is 15. The largest absolute Gasteiger partial charge is 0.274 e. The number of nitrogens with zero attached hydrogens (tertiary/aromatic N) is 2. The van der Waals surface area contributed by atoms with E-state index in [9.17, 15) is 19.2 Å². The monoisotopic (exact) mass is 862 g/mol. The quantitative estimate of drug-likeness (QED) is 0.0881. The van der Waals surface area contributed by atoms with Gasteiger partial charge in [-0.05, 0) is 161 Å². The molecular formula is C59H62N2O4. The number of anilines is 2. The van der Waals surface area contributed by atoms with Gasteiger partial charge in [0.05, 0.1) is 35.0 Å². The van der Waals surface area contributed by atoms with Crippen LogP contribution in [0.3, 0.4) is 0 Å². The lowest BCUT2D eigenvalue weighted by atomic mass is 9.77. The Morgan fingerprint density at radius 1 is 0.508 bits per heavy atom. The van der Waals surface area contributed by atoms with E-state index in [4.69, 9.17) is 0 Å². The zero-order valence-corrected chi connectivity index (χ0v) is 38.8. The number of carbonyl (C=O) groups is 4. The first kappa shape index (κ1) is 43.0. The van der Waals surface area contributed by atoms with Crippen molar-refractivity contribution in [3.8, 4) is 0 Å². The first-order valence-corrected chi connectivity index (χ1v) is 24.5. The number of carbonyl (C=O) groups excluding carboxylic acids is 4. The summed E-state index contributed by atoms with van der Waals surface area (Å²) >= 11 is 0. The number of fused-ring (bicyclic) bond motifs is 10. The standard InChI is InChI=1S/C59H62N2O4/c1-8-33-15-17-35(18-16-33)20-22-43-29-44-30-47(43)52-50(44)56(62)60(58(52)64)54-39(11-4)24-36(25-40(54)12-5)23-37-26-41(13-6)55(42(14-7)27-37)61-57(63)51-45-31-48(49(32-45)53(51)59(61)65)46-28-34(9-2)19-21-38(46)10-3/h8-9,15-19,21,24-29,31,44-45,47,49-53H,1-2,10-14,20,22-23,30,32H2,3-7H3. The Morgan fingerprint density at radius 2 is 0.969 bits per heavy atom. The summed E-state index contributed by atoms with van der Waals surface area (Å²) in [4.78, 5) is 61.4. The van der Waals surface area contributed by atoms with Gasteiger partial charge in [0.25, 0.3) is 0 Å². The molecule has 4 fully saturated rings. The highest BCUT2D eigenvalue weighted by Crippen LogP contribution is 2.60. The van der Waals surface area contributed by atoms with Crippen molar-refractivity contribution in [1.29, 1.82) is 0 Å². The first-order chi connectivity index (χ1) is 31.5. The number of amides is 4. The summed E-state index contributed by atoms with van der Waals surface area (Å²) in [5.74, 6) is -1.03. The second-order valence-electron chi connectivity index (χ2n) is 19.5. The van der Waals surface area contributed by atoms with Gasteiger partial charge >= 0.3 is 0 Å². The van der Waals surface area contributed by atoms with Gasteiger partial charge in [0, 0.05) is 0 Å². The maximum absolute atomic E-state index is 14.7. The molecule has 4 aromatic rings. The van der Waals surface area contributed by atoms with Crippen LogP contribution in [-0.4, -0.2) is 23.6 Å². The Balaban J connectivity index is 0.897. The number of aryl methyl sites for hydroxylation is 6. The number of allylic oxidation sites excluding steroid dienone is 4. The van der Waals surface area contributed by atoms with Crippen molar-refractivity contribution in [3.05, 3.63) is 159 Å². The molecular weight excluding hydrogens is 801 g/mol. The molecule has 4 bridgehead atoms. The summed E-state index contributed by atoms with van der Waals surface area (Å²) < 4.78 is 0. The first-order valence-electron chi connectivity index (χ1n) is 24.5. The number of benzene rings is 4. The summed E-state index contributed by atoms with van der Waals surface area (Å²) in [6, 6.07) is 23.8. The number of hydrogen-bond donors (Lipinski definition) is 0. The highest BCUT2D eigenvalue weighted by atomic mass is 16.2. The van der Waals surface area contributed by atoms with E-state index in [-0.39, 0.29) is 71.0 Å². The number of hydrogen-bond acceptors (Lipinski definition) is 4. The molecule has 2 heterocycles. The Bertz CT molecular complexity index is 2700. The molecule has 332 valence electrons. The summed E-state index contributed by atoms with van der Waals surface area (Å²) in [6.45, 7) is 18.5. The third-order valence-corrected chi connectivity index (χ3v) is 16.3. The maximum Gasteiger partial charge on any atom is 0.238 e. The van der Waals surface area contributed by atoms with Crippen LogP contribution < -0.4 is 9.80 Å². The fraction of sp³-hybridized carbons (Fsp3) is 0.390. The van der Waals surface area contributed by atoms with Gasteiger partial charge in [-0.3, -0.25) is 19.2 Å². The van der Waals surface area contributed by atoms with Crippen molar-refractivity contribution < 1.29 is 19.2 Å². The van der Waals surface area contributed by atoms with Gasteiger partial charge in [-0.15, -0.1) is 0 Å². The molecule has 0 aromatic heterocycles. The van der Waals surface area contributed by atoms with Crippen molar-refractivity contribution in [2.24, 2.45) is 47.3 Å². The van der Waals surface area contributed by atoms with Crippen LogP contribution in [0.5, 0.6) is 0 Å². The van der Waals surface area contributed by atoms with Gasteiger partial charge < -0.3 is 0 Å². The minimum atomic E-state index is -0.342. The third kappa shape index (κ3) is 6.80. The molecule has 4 amide bonds. The molecule has 0 spiro atoms. The summed E-state index contributed by atoms with van der Waals surface area (Å²) in [5, 5.41) is 0. The predicted molar refractivity (Wildman–Crippen MR) is 262 cm³/mol. The van der Waals surface area contributed by atoms with Gasteiger partial charge in [0.15, 0.2) is 0 Å². The molecule has 6 nitrogen and oxygen atoms in total. The molecule has 0 radical (unpaired) electrons. The zero-order chi connectivity index (χ0) is 45.4. The zero-order valence-electron chi connectivity index (χ0n) is 38.8. The smallest absolute Gasteiger partial charge is 0.238 e. The second-order valence-corrected chi connectivity index (χ2v) is 19.5. The lowest BCUT2D eigenvalue weighted by molar-refractivity contribution is -0.124. The average Bonchev–Trinajstić information content (AvgIpc) is 4.19. The molecule has 8 unspecified atom stereocenters. The molecule has 65 heavy (non-hydrogen) atoms. The van der Waals surface area contributed by atoms with Crippen LogP contribution in [0.2, 0.25) is 0 Å². The Kier molecular flexibility index (Phi) is 11.1. The fourth-order valence-electron chi connectivity index (χ4n) is 13.3. The minimum Gasteiger partial charge on any atom is -0.274 e. The van der Waals surface area contributed by atoms with Gasteiger partial charge in [0.2, 0.25) is 23.6 Å². The van der Waals surface area contributed by atoms with Crippen molar-refractivity contribution in [2.75, 3.05) is 9.80 Å². The summed E-state index contributed by atoms with van der Waals surface area (Å²) in [6.07, 6.45) is 16.3. The molecule has 2 aliphatic heterocycles. The molecule has 0 N–H and O–H groups in total. The van der Waals surface area contributed by atoms with Crippen molar-refractivity contribution >= 4 is 52.7 Å². The molecule has 6 heteroatoms. The lowest BCUT2D eigenvalue weighted by Gasteiger charge is -2.26. The van der Waals surface area contributed by atoms with E-state index >= 15 is 0 Å². The Morgan fingerprint density at radius 3 is 1.48 bits per heavy atom. The van der Waals surface area contributed by atoms with E-state index in [0.717, 1.165) is 88.0 Å².